The number of amides is 2. The van der Waals surface area contributed by atoms with E-state index < -0.39 is 18.0 Å². The highest BCUT2D eigenvalue weighted by atomic mass is 16.5. The van der Waals surface area contributed by atoms with Gasteiger partial charge in [0.15, 0.2) is 6.10 Å². The molecule has 28 heavy (non-hydrogen) atoms. The van der Waals surface area contributed by atoms with Crippen LogP contribution in [0.5, 0.6) is 0 Å². The van der Waals surface area contributed by atoms with E-state index in [1.165, 1.54) is 11.8 Å². The van der Waals surface area contributed by atoms with E-state index in [1.807, 2.05) is 12.1 Å². The molecule has 2 heterocycles. The minimum Gasteiger partial charge on any atom is -0.449 e. The molecule has 1 aliphatic heterocycles. The molecular weight excluding hydrogens is 358 g/mol. The van der Waals surface area contributed by atoms with Crippen molar-refractivity contribution in [1.82, 2.24) is 4.98 Å². The van der Waals surface area contributed by atoms with Gasteiger partial charge in [0, 0.05) is 11.6 Å². The Kier molecular flexibility index (Phi) is 4.49. The van der Waals surface area contributed by atoms with Crippen LogP contribution < -0.4 is 10.2 Å². The number of esters is 1. The Morgan fingerprint density at radius 2 is 1.89 bits per heavy atom. The van der Waals surface area contributed by atoms with Crippen LogP contribution in [-0.2, 0) is 14.3 Å². The normalized spacial score (nSPS) is 14.2. The van der Waals surface area contributed by atoms with Crippen molar-refractivity contribution in [1.29, 1.82) is 0 Å². The van der Waals surface area contributed by atoms with Crippen molar-refractivity contribution in [2.24, 2.45) is 0 Å². The number of hydrogen-bond acceptors (Lipinski definition) is 5. The molecule has 2 amide bonds. The molecule has 0 saturated carbocycles. The van der Waals surface area contributed by atoms with E-state index in [1.54, 1.807) is 48.7 Å². The topological polar surface area (TPSA) is 88.6 Å². The summed E-state index contributed by atoms with van der Waals surface area (Å²) in [6, 6.07) is 15.8. The van der Waals surface area contributed by atoms with Crippen molar-refractivity contribution in [2.75, 3.05) is 16.8 Å². The van der Waals surface area contributed by atoms with Gasteiger partial charge in [-0.05, 0) is 31.2 Å². The molecule has 0 fully saturated rings. The lowest BCUT2D eigenvalue weighted by Gasteiger charge is -2.30. The number of para-hydroxylation sites is 3. The van der Waals surface area contributed by atoms with Crippen molar-refractivity contribution >= 4 is 40.1 Å². The Hall–Kier alpha value is -3.74. The second-order valence-electron chi connectivity index (χ2n) is 6.42. The van der Waals surface area contributed by atoms with Crippen molar-refractivity contribution in [3.05, 3.63) is 66.4 Å². The highest BCUT2D eigenvalue weighted by Crippen LogP contribution is 2.29. The zero-order valence-electron chi connectivity index (χ0n) is 15.1. The van der Waals surface area contributed by atoms with E-state index in [0.717, 1.165) is 5.39 Å². The van der Waals surface area contributed by atoms with Crippen molar-refractivity contribution in [2.45, 2.75) is 13.0 Å². The highest BCUT2D eigenvalue weighted by molar-refractivity contribution is 6.11. The average Bonchev–Trinajstić information content (AvgIpc) is 2.72. The van der Waals surface area contributed by atoms with E-state index >= 15 is 0 Å². The van der Waals surface area contributed by atoms with Crippen LogP contribution in [0.1, 0.15) is 17.3 Å². The lowest BCUT2D eigenvalue weighted by atomic mass is 10.1. The van der Waals surface area contributed by atoms with Crippen LogP contribution in [0, 0.1) is 0 Å². The summed E-state index contributed by atoms with van der Waals surface area (Å²) < 4.78 is 5.41. The number of carbonyl (C=O) groups is 3. The Labute approximate surface area is 160 Å². The summed E-state index contributed by atoms with van der Waals surface area (Å²) in [4.78, 5) is 43.0. The second-order valence-corrected chi connectivity index (χ2v) is 6.42. The van der Waals surface area contributed by atoms with E-state index in [-0.39, 0.29) is 18.0 Å². The predicted molar refractivity (Wildman–Crippen MR) is 104 cm³/mol. The summed E-state index contributed by atoms with van der Waals surface area (Å²) in [6.45, 7) is 1.36. The molecule has 0 aliphatic carbocycles. The number of fused-ring (bicyclic) bond motifs is 2. The van der Waals surface area contributed by atoms with Crippen LogP contribution in [0.3, 0.4) is 0 Å². The van der Waals surface area contributed by atoms with E-state index in [2.05, 4.69) is 10.3 Å². The molecule has 4 rings (SSSR count). The van der Waals surface area contributed by atoms with Gasteiger partial charge in [0.2, 0.25) is 5.91 Å². The average molecular weight is 375 g/mol. The highest BCUT2D eigenvalue weighted by Gasteiger charge is 2.31. The number of rotatable bonds is 3. The molecule has 0 bridgehead atoms. The zero-order valence-corrected chi connectivity index (χ0v) is 15.1. The van der Waals surface area contributed by atoms with E-state index in [0.29, 0.717) is 16.9 Å². The van der Waals surface area contributed by atoms with Crippen LogP contribution in [-0.4, -0.2) is 35.4 Å². The number of anilines is 2. The van der Waals surface area contributed by atoms with Crippen LogP contribution in [0.15, 0.2) is 60.8 Å². The fourth-order valence-corrected chi connectivity index (χ4v) is 3.19. The van der Waals surface area contributed by atoms with Crippen molar-refractivity contribution < 1.29 is 19.1 Å². The minimum atomic E-state index is -1.06. The number of nitrogens with one attached hydrogen (secondary N) is 1. The third-order valence-corrected chi connectivity index (χ3v) is 4.52. The van der Waals surface area contributed by atoms with Gasteiger partial charge in [-0.1, -0.05) is 30.3 Å². The molecule has 140 valence electrons. The third-order valence-electron chi connectivity index (χ3n) is 4.52. The summed E-state index contributed by atoms with van der Waals surface area (Å²) >= 11 is 0. The zero-order chi connectivity index (χ0) is 19.7. The summed E-state index contributed by atoms with van der Waals surface area (Å²) in [7, 11) is 0. The summed E-state index contributed by atoms with van der Waals surface area (Å²) in [5.41, 5.74) is 1.91. The number of nitrogens with zero attached hydrogens (tertiary/aromatic N) is 2. The van der Waals surface area contributed by atoms with Gasteiger partial charge >= 0.3 is 5.97 Å². The Bertz CT molecular complexity index is 1090. The Balaban J connectivity index is 1.57. The molecule has 7 heteroatoms. The molecule has 0 radical (unpaired) electrons. The first-order valence-corrected chi connectivity index (χ1v) is 8.79. The fraction of sp³-hybridized carbons (Fsp3) is 0.143. The smallest absolute Gasteiger partial charge is 0.341 e. The van der Waals surface area contributed by atoms with Gasteiger partial charge in [0.1, 0.15) is 6.54 Å². The molecule has 1 atom stereocenters. The number of pyridine rings is 1. The molecule has 1 aromatic heterocycles. The number of aromatic nitrogens is 1. The van der Waals surface area contributed by atoms with E-state index in [9.17, 15) is 14.4 Å². The Morgan fingerprint density at radius 3 is 2.75 bits per heavy atom. The van der Waals surface area contributed by atoms with Crippen LogP contribution in [0.2, 0.25) is 0 Å². The van der Waals surface area contributed by atoms with Gasteiger partial charge < -0.3 is 10.1 Å². The van der Waals surface area contributed by atoms with Gasteiger partial charge in [0.25, 0.3) is 5.91 Å². The van der Waals surface area contributed by atoms with Crippen LogP contribution >= 0.6 is 0 Å². The predicted octanol–water partition coefficient (Wildman–Crippen LogP) is 2.77. The maximum absolute atomic E-state index is 12.9. The number of ether oxygens (including phenoxy) is 1. The van der Waals surface area contributed by atoms with Gasteiger partial charge in [-0.25, -0.2) is 4.79 Å². The first-order chi connectivity index (χ1) is 13.5. The van der Waals surface area contributed by atoms with Crippen LogP contribution in [0.25, 0.3) is 10.9 Å². The van der Waals surface area contributed by atoms with Crippen LogP contribution in [0.4, 0.5) is 11.4 Å². The SMILES string of the molecule is C[C@H](OC(=O)c1cccc2cccnc12)C(=O)N1CC(=O)Nc2ccccc21. The maximum atomic E-state index is 12.9. The minimum absolute atomic E-state index is 0.131. The van der Waals surface area contributed by atoms with Crippen molar-refractivity contribution in [3.8, 4) is 0 Å². The summed E-state index contributed by atoms with van der Waals surface area (Å²) in [5.74, 6) is -1.41. The molecule has 0 saturated heterocycles. The maximum Gasteiger partial charge on any atom is 0.341 e. The standard InChI is InChI=1S/C21H17N3O4/c1-13(20(26)24-12-18(25)23-16-9-2-3-10-17(16)24)28-21(27)15-8-4-6-14-7-5-11-22-19(14)15/h2-11,13H,12H2,1H3,(H,23,25)/t13-/m0/s1. The fourth-order valence-electron chi connectivity index (χ4n) is 3.19. The van der Waals surface area contributed by atoms with Gasteiger partial charge in [-0.3, -0.25) is 19.5 Å². The third kappa shape index (κ3) is 3.18. The van der Waals surface area contributed by atoms with Crippen molar-refractivity contribution in [3.63, 3.8) is 0 Å². The molecule has 0 spiro atoms. The molecule has 0 unspecified atom stereocenters. The second kappa shape index (κ2) is 7.11. The van der Waals surface area contributed by atoms with E-state index in [4.69, 9.17) is 4.74 Å². The largest absolute Gasteiger partial charge is 0.449 e. The number of carbonyl (C=O) groups excluding carboxylic acids is 3. The Morgan fingerprint density at radius 1 is 1.11 bits per heavy atom. The lowest BCUT2D eigenvalue weighted by molar-refractivity contribution is -0.128. The molecular formula is C21H17N3O4. The summed E-state index contributed by atoms with van der Waals surface area (Å²) in [6.07, 6.45) is 0.530. The first-order valence-electron chi connectivity index (χ1n) is 8.79. The van der Waals surface area contributed by atoms with Gasteiger partial charge in [0.05, 0.1) is 22.5 Å². The monoisotopic (exact) mass is 375 g/mol. The van der Waals surface area contributed by atoms with Gasteiger partial charge in [-0.2, -0.15) is 0 Å². The first kappa shape index (κ1) is 17.7. The quantitative estimate of drug-likeness (QED) is 0.711. The lowest BCUT2D eigenvalue weighted by Crippen LogP contribution is -2.47. The molecule has 1 aliphatic rings. The molecule has 7 nitrogen and oxygen atoms in total. The molecule has 1 N–H and O–H groups in total. The number of benzene rings is 2. The van der Waals surface area contributed by atoms with Gasteiger partial charge in [-0.15, -0.1) is 0 Å². The molecule has 2 aromatic carbocycles. The summed E-state index contributed by atoms with van der Waals surface area (Å²) in [5, 5.41) is 3.52. The number of hydrogen-bond donors (Lipinski definition) is 1. The molecule has 3 aromatic rings.